The number of thioether (sulfide) groups is 1. The zero-order valence-electron chi connectivity index (χ0n) is 16.2. The third kappa shape index (κ3) is 6.61. The van der Waals surface area contributed by atoms with Crippen molar-refractivity contribution in [3.63, 3.8) is 0 Å². The van der Waals surface area contributed by atoms with Crippen LogP contribution in [0.25, 0.3) is 0 Å². The van der Waals surface area contributed by atoms with Crippen LogP contribution in [0.3, 0.4) is 0 Å². The summed E-state index contributed by atoms with van der Waals surface area (Å²) >= 11 is 14.1. The summed E-state index contributed by atoms with van der Waals surface area (Å²) in [7, 11) is 0. The molecule has 156 valence electrons. The minimum atomic E-state index is -0.185. The van der Waals surface area contributed by atoms with Crippen LogP contribution in [0.4, 0.5) is 4.39 Å². The smallest absolute Gasteiger partial charge is 0.224 e. The van der Waals surface area contributed by atoms with Gasteiger partial charge in [0.05, 0.1) is 5.92 Å². The van der Waals surface area contributed by atoms with Crippen LogP contribution >= 0.6 is 35.0 Å². The number of carbonyl (C=O) groups is 1. The van der Waals surface area contributed by atoms with Crippen LogP contribution in [0.15, 0.2) is 42.5 Å². The fourth-order valence-electron chi connectivity index (χ4n) is 3.52. The average molecular weight is 455 g/mol. The van der Waals surface area contributed by atoms with Gasteiger partial charge in [-0.05, 0) is 43.1 Å². The number of piperidine rings is 1. The van der Waals surface area contributed by atoms with Gasteiger partial charge in [0.25, 0.3) is 0 Å². The van der Waals surface area contributed by atoms with E-state index in [1.54, 1.807) is 17.8 Å². The number of nitrogens with zero attached hydrogens (tertiary/aromatic N) is 1. The number of halogens is 3. The molecule has 1 amide bonds. The molecule has 1 atom stereocenters. The van der Waals surface area contributed by atoms with Gasteiger partial charge in [0.2, 0.25) is 5.91 Å². The van der Waals surface area contributed by atoms with Crippen LogP contribution in [-0.2, 0) is 17.1 Å². The molecule has 0 spiro atoms. The van der Waals surface area contributed by atoms with Gasteiger partial charge in [-0.25, -0.2) is 4.39 Å². The van der Waals surface area contributed by atoms with Crippen molar-refractivity contribution in [3.8, 4) is 0 Å². The predicted molar refractivity (Wildman–Crippen MR) is 120 cm³/mol. The molecule has 1 fully saturated rings. The van der Waals surface area contributed by atoms with E-state index in [0.29, 0.717) is 41.0 Å². The molecule has 2 aromatic rings. The van der Waals surface area contributed by atoms with Crippen LogP contribution in [0, 0.1) is 11.7 Å². The van der Waals surface area contributed by atoms with E-state index in [4.69, 9.17) is 23.2 Å². The summed E-state index contributed by atoms with van der Waals surface area (Å²) in [5, 5.41) is 4.38. The fraction of sp³-hybridized carbons (Fsp3) is 0.409. The van der Waals surface area contributed by atoms with E-state index in [-0.39, 0.29) is 17.6 Å². The highest BCUT2D eigenvalue weighted by Gasteiger charge is 2.25. The van der Waals surface area contributed by atoms with Crippen molar-refractivity contribution in [3.05, 3.63) is 69.5 Å². The lowest BCUT2D eigenvalue weighted by atomic mass is 9.96. The minimum absolute atomic E-state index is 0.0430. The SMILES string of the molecule is O=C(NCCSCc1c(Cl)cccc1Cl)C1CCCN(Cc2ccccc2F)C1. The molecule has 1 heterocycles. The van der Waals surface area contributed by atoms with Crippen LogP contribution in [0.1, 0.15) is 24.0 Å². The number of nitrogens with one attached hydrogen (secondary N) is 1. The van der Waals surface area contributed by atoms with Crippen molar-refractivity contribution in [2.45, 2.75) is 25.1 Å². The number of amides is 1. The number of rotatable bonds is 8. The Morgan fingerprint density at radius 1 is 1.17 bits per heavy atom. The topological polar surface area (TPSA) is 32.3 Å². The highest BCUT2D eigenvalue weighted by molar-refractivity contribution is 7.98. The Labute approximate surface area is 185 Å². The third-order valence-electron chi connectivity index (χ3n) is 5.08. The van der Waals surface area contributed by atoms with Crippen molar-refractivity contribution >= 4 is 40.9 Å². The maximum Gasteiger partial charge on any atom is 0.224 e. The van der Waals surface area contributed by atoms with Gasteiger partial charge in [-0.2, -0.15) is 11.8 Å². The molecule has 1 saturated heterocycles. The van der Waals surface area contributed by atoms with E-state index < -0.39 is 0 Å². The van der Waals surface area contributed by atoms with Crippen LogP contribution in [0.2, 0.25) is 10.0 Å². The first-order valence-electron chi connectivity index (χ1n) is 9.78. The molecule has 1 unspecified atom stereocenters. The highest BCUT2D eigenvalue weighted by atomic mass is 35.5. The van der Waals surface area contributed by atoms with Gasteiger partial charge in [-0.15, -0.1) is 0 Å². The van der Waals surface area contributed by atoms with Crippen molar-refractivity contribution in [2.75, 3.05) is 25.4 Å². The van der Waals surface area contributed by atoms with Gasteiger partial charge in [0, 0.05) is 46.7 Å². The standard InChI is InChI=1S/C22H25Cl2FN2OS/c23-19-7-3-8-20(24)18(19)15-29-12-10-26-22(28)17-6-4-11-27(14-17)13-16-5-1-2-9-21(16)25/h1-3,5,7-9,17H,4,6,10-15H2,(H,26,28). The van der Waals surface area contributed by atoms with Crippen LogP contribution in [0.5, 0.6) is 0 Å². The second-order valence-electron chi connectivity index (χ2n) is 7.21. The molecule has 1 aliphatic rings. The molecular formula is C22H25Cl2FN2OS. The lowest BCUT2D eigenvalue weighted by Crippen LogP contribution is -2.43. The molecule has 0 radical (unpaired) electrons. The molecular weight excluding hydrogens is 430 g/mol. The zero-order valence-corrected chi connectivity index (χ0v) is 18.5. The maximum atomic E-state index is 13.9. The van der Waals surface area contributed by atoms with Crippen molar-refractivity contribution in [2.24, 2.45) is 5.92 Å². The summed E-state index contributed by atoms with van der Waals surface area (Å²) in [6.07, 6.45) is 1.83. The van der Waals surface area contributed by atoms with Gasteiger partial charge in [0.1, 0.15) is 5.82 Å². The summed E-state index contributed by atoms with van der Waals surface area (Å²) in [5.41, 5.74) is 1.62. The lowest BCUT2D eigenvalue weighted by Gasteiger charge is -2.32. The Morgan fingerprint density at radius 3 is 2.69 bits per heavy atom. The predicted octanol–water partition coefficient (Wildman–Crippen LogP) is 5.39. The number of hydrogen-bond donors (Lipinski definition) is 1. The quantitative estimate of drug-likeness (QED) is 0.542. The highest BCUT2D eigenvalue weighted by Crippen LogP contribution is 2.28. The molecule has 1 N–H and O–H groups in total. The van der Waals surface area contributed by atoms with E-state index >= 15 is 0 Å². The second kappa shape index (κ2) is 11.2. The second-order valence-corrected chi connectivity index (χ2v) is 9.13. The molecule has 0 aromatic heterocycles. The summed E-state index contributed by atoms with van der Waals surface area (Å²) in [5.74, 6) is 1.36. The molecule has 0 aliphatic carbocycles. The van der Waals surface area contributed by atoms with Crippen LogP contribution < -0.4 is 5.32 Å². The average Bonchev–Trinajstić information content (AvgIpc) is 2.71. The van der Waals surface area contributed by atoms with Gasteiger partial charge in [0.15, 0.2) is 0 Å². The van der Waals surface area contributed by atoms with E-state index in [2.05, 4.69) is 10.2 Å². The summed E-state index contributed by atoms with van der Waals surface area (Å²) in [6.45, 7) is 2.72. The Hall–Kier alpha value is -1.27. The lowest BCUT2D eigenvalue weighted by molar-refractivity contribution is -0.126. The van der Waals surface area contributed by atoms with Gasteiger partial charge in [-0.3, -0.25) is 9.69 Å². The molecule has 29 heavy (non-hydrogen) atoms. The summed E-state index contributed by atoms with van der Waals surface area (Å²) < 4.78 is 13.9. The van der Waals surface area contributed by atoms with E-state index in [1.807, 2.05) is 30.3 Å². The third-order valence-corrected chi connectivity index (χ3v) is 6.78. The Kier molecular flexibility index (Phi) is 8.67. The largest absolute Gasteiger partial charge is 0.355 e. The van der Waals surface area contributed by atoms with E-state index in [0.717, 1.165) is 30.7 Å². The molecule has 3 nitrogen and oxygen atoms in total. The zero-order chi connectivity index (χ0) is 20.6. The summed E-state index contributed by atoms with van der Waals surface area (Å²) in [6, 6.07) is 12.3. The Morgan fingerprint density at radius 2 is 1.93 bits per heavy atom. The molecule has 7 heteroatoms. The minimum Gasteiger partial charge on any atom is -0.355 e. The number of hydrogen-bond acceptors (Lipinski definition) is 3. The van der Waals surface area contributed by atoms with E-state index in [1.165, 1.54) is 6.07 Å². The Balaban J connectivity index is 1.39. The molecule has 3 rings (SSSR count). The first-order valence-corrected chi connectivity index (χ1v) is 11.7. The molecule has 1 aliphatic heterocycles. The van der Waals surface area contributed by atoms with Crippen LogP contribution in [-0.4, -0.2) is 36.2 Å². The van der Waals surface area contributed by atoms with Crippen molar-refractivity contribution in [1.82, 2.24) is 10.2 Å². The maximum absolute atomic E-state index is 13.9. The number of benzene rings is 2. The molecule has 0 saturated carbocycles. The van der Waals surface area contributed by atoms with Gasteiger partial charge < -0.3 is 5.32 Å². The van der Waals surface area contributed by atoms with Crippen molar-refractivity contribution in [1.29, 1.82) is 0 Å². The molecule has 0 bridgehead atoms. The van der Waals surface area contributed by atoms with E-state index in [9.17, 15) is 9.18 Å². The van der Waals surface area contributed by atoms with Crippen molar-refractivity contribution < 1.29 is 9.18 Å². The number of carbonyl (C=O) groups excluding carboxylic acids is 1. The first kappa shape index (κ1) is 22.4. The van der Waals surface area contributed by atoms with Gasteiger partial charge >= 0.3 is 0 Å². The summed E-state index contributed by atoms with van der Waals surface area (Å²) in [4.78, 5) is 14.7. The monoisotopic (exact) mass is 454 g/mol. The Bertz CT molecular complexity index is 816. The normalized spacial score (nSPS) is 17.3. The number of likely N-dealkylation sites (tertiary alicyclic amines) is 1. The fourth-order valence-corrected chi connectivity index (χ4v) is 5.11. The molecule has 2 aromatic carbocycles. The van der Waals surface area contributed by atoms with Gasteiger partial charge in [-0.1, -0.05) is 47.5 Å². The first-order chi connectivity index (χ1) is 14.0.